The number of benzene rings is 1. The predicted octanol–water partition coefficient (Wildman–Crippen LogP) is 2.01. The third kappa shape index (κ3) is 3.01. The zero-order valence-corrected chi connectivity index (χ0v) is 10.5. The summed E-state index contributed by atoms with van der Waals surface area (Å²) in [6.07, 6.45) is 0. The smallest absolute Gasteiger partial charge is 0.321 e. The number of nitrogens with zero attached hydrogens (tertiary/aromatic N) is 1. The van der Waals surface area contributed by atoms with Crippen LogP contribution in [-0.2, 0) is 4.79 Å². The molecule has 0 radical (unpaired) electrons. The molecule has 2 N–H and O–H groups in total. The van der Waals surface area contributed by atoms with E-state index in [1.54, 1.807) is 0 Å². The molecule has 1 aromatic rings. The Kier molecular flexibility index (Phi) is 3.69. The van der Waals surface area contributed by atoms with Crippen LogP contribution >= 0.6 is 0 Å². The van der Waals surface area contributed by atoms with Gasteiger partial charge in [-0.2, -0.15) is 0 Å². The molecule has 1 heterocycles. The van der Waals surface area contributed by atoms with Gasteiger partial charge < -0.3 is 15.3 Å². The minimum Gasteiger partial charge on any atom is -0.481 e. The van der Waals surface area contributed by atoms with Crippen LogP contribution in [0.25, 0.3) is 0 Å². The predicted molar refractivity (Wildman–Crippen MR) is 67.3 cm³/mol. The Balaban J connectivity index is 1.98. The third-order valence-corrected chi connectivity index (χ3v) is 3.31. The summed E-state index contributed by atoms with van der Waals surface area (Å²) in [6, 6.07) is 5.06. The van der Waals surface area contributed by atoms with E-state index in [9.17, 15) is 14.0 Å². The van der Waals surface area contributed by atoms with Crippen molar-refractivity contribution in [2.45, 2.75) is 6.92 Å². The van der Waals surface area contributed by atoms with Crippen LogP contribution < -0.4 is 5.32 Å². The third-order valence-electron chi connectivity index (χ3n) is 3.31. The van der Waals surface area contributed by atoms with Gasteiger partial charge in [-0.25, -0.2) is 9.18 Å². The van der Waals surface area contributed by atoms with Gasteiger partial charge in [-0.1, -0.05) is 6.92 Å². The molecular formula is C13H15FN2O3. The van der Waals surface area contributed by atoms with Gasteiger partial charge in [-0.15, -0.1) is 0 Å². The molecule has 1 aromatic carbocycles. The second kappa shape index (κ2) is 5.26. The first-order chi connectivity index (χ1) is 8.97. The summed E-state index contributed by atoms with van der Waals surface area (Å²) in [6.45, 7) is 2.41. The summed E-state index contributed by atoms with van der Waals surface area (Å²) < 4.78 is 12.7. The molecule has 2 rings (SSSR count). The van der Waals surface area contributed by atoms with Crippen molar-refractivity contribution in [1.29, 1.82) is 0 Å². The Labute approximate surface area is 110 Å². The number of carbonyl (C=O) groups excluding carboxylic acids is 1. The number of amides is 2. The zero-order valence-electron chi connectivity index (χ0n) is 10.5. The van der Waals surface area contributed by atoms with E-state index in [0.29, 0.717) is 12.2 Å². The second-order valence-corrected chi connectivity index (χ2v) is 4.76. The Bertz CT molecular complexity index is 489. The molecule has 102 valence electrons. The van der Waals surface area contributed by atoms with Crippen molar-refractivity contribution in [3.63, 3.8) is 0 Å². The summed E-state index contributed by atoms with van der Waals surface area (Å²) in [5.41, 5.74) is 0.484. The number of rotatable bonds is 2. The SMILES string of the molecule is CC1CN(C(=O)Nc2ccc(F)cc2)CC1C(=O)O. The maximum absolute atomic E-state index is 12.7. The van der Waals surface area contributed by atoms with Gasteiger partial charge in [-0.05, 0) is 30.2 Å². The van der Waals surface area contributed by atoms with Crippen LogP contribution in [0.15, 0.2) is 24.3 Å². The number of urea groups is 1. The molecule has 19 heavy (non-hydrogen) atoms. The first kappa shape index (κ1) is 13.3. The maximum Gasteiger partial charge on any atom is 0.321 e. The van der Waals surface area contributed by atoms with Crippen LogP contribution in [0, 0.1) is 17.7 Å². The van der Waals surface area contributed by atoms with Crippen molar-refractivity contribution in [3.8, 4) is 0 Å². The van der Waals surface area contributed by atoms with Crippen LogP contribution in [0.2, 0.25) is 0 Å². The minimum atomic E-state index is -0.885. The quantitative estimate of drug-likeness (QED) is 0.860. The van der Waals surface area contributed by atoms with Crippen molar-refractivity contribution in [2.75, 3.05) is 18.4 Å². The fraction of sp³-hybridized carbons (Fsp3) is 0.385. The van der Waals surface area contributed by atoms with Crippen LogP contribution in [0.5, 0.6) is 0 Å². The Morgan fingerprint density at radius 2 is 1.95 bits per heavy atom. The maximum atomic E-state index is 12.7. The highest BCUT2D eigenvalue weighted by Crippen LogP contribution is 2.23. The number of carboxylic acids is 1. The molecule has 1 saturated heterocycles. The lowest BCUT2D eigenvalue weighted by Crippen LogP contribution is -2.33. The van der Waals surface area contributed by atoms with Gasteiger partial charge in [0.2, 0.25) is 0 Å². The number of aliphatic carboxylic acids is 1. The molecule has 0 aliphatic carbocycles. The molecule has 0 aromatic heterocycles. The first-order valence-electron chi connectivity index (χ1n) is 6.01. The number of anilines is 1. The average Bonchev–Trinajstić information content (AvgIpc) is 2.74. The summed E-state index contributed by atoms with van der Waals surface area (Å²) in [7, 11) is 0. The van der Waals surface area contributed by atoms with Gasteiger partial charge in [0.25, 0.3) is 0 Å². The second-order valence-electron chi connectivity index (χ2n) is 4.76. The molecule has 6 heteroatoms. The monoisotopic (exact) mass is 266 g/mol. The highest BCUT2D eigenvalue weighted by molar-refractivity contribution is 5.90. The van der Waals surface area contributed by atoms with Gasteiger partial charge in [-0.3, -0.25) is 4.79 Å². The first-order valence-corrected chi connectivity index (χ1v) is 6.01. The van der Waals surface area contributed by atoms with Crippen molar-refractivity contribution in [3.05, 3.63) is 30.1 Å². The minimum absolute atomic E-state index is 0.0727. The number of likely N-dealkylation sites (tertiary alicyclic amines) is 1. The lowest BCUT2D eigenvalue weighted by molar-refractivity contribution is -0.142. The molecule has 2 unspecified atom stereocenters. The van der Waals surface area contributed by atoms with E-state index in [0.717, 1.165) is 0 Å². The van der Waals surface area contributed by atoms with E-state index in [1.807, 2.05) is 6.92 Å². The van der Waals surface area contributed by atoms with Crippen molar-refractivity contribution in [2.24, 2.45) is 11.8 Å². The fourth-order valence-corrected chi connectivity index (χ4v) is 2.19. The Hall–Kier alpha value is -2.11. The molecule has 5 nitrogen and oxygen atoms in total. The van der Waals surface area contributed by atoms with Gasteiger partial charge >= 0.3 is 12.0 Å². The molecule has 2 amide bonds. The molecule has 2 atom stereocenters. The summed E-state index contributed by atoms with van der Waals surface area (Å²) in [5, 5.41) is 11.6. The Morgan fingerprint density at radius 1 is 1.32 bits per heavy atom. The standard InChI is InChI=1S/C13H15FN2O3/c1-8-6-16(7-11(8)12(17)18)13(19)15-10-4-2-9(14)3-5-10/h2-5,8,11H,6-7H2,1H3,(H,15,19)(H,17,18). The number of halogens is 1. The van der Waals surface area contributed by atoms with E-state index in [4.69, 9.17) is 5.11 Å². The summed E-state index contributed by atoms with van der Waals surface area (Å²) in [5.74, 6) is -1.86. The van der Waals surface area contributed by atoms with Crippen LogP contribution in [0.3, 0.4) is 0 Å². The molecule has 0 spiro atoms. The normalized spacial score (nSPS) is 22.3. The van der Waals surface area contributed by atoms with E-state index < -0.39 is 11.9 Å². The van der Waals surface area contributed by atoms with Crippen LogP contribution in [-0.4, -0.2) is 35.1 Å². The number of carboxylic acid groups (broad SMARTS) is 1. The molecule has 1 fully saturated rings. The van der Waals surface area contributed by atoms with Gasteiger partial charge in [0, 0.05) is 18.8 Å². The average molecular weight is 266 g/mol. The van der Waals surface area contributed by atoms with Gasteiger partial charge in [0.05, 0.1) is 5.92 Å². The van der Waals surface area contributed by atoms with E-state index >= 15 is 0 Å². The lowest BCUT2D eigenvalue weighted by atomic mass is 9.99. The Morgan fingerprint density at radius 3 is 2.47 bits per heavy atom. The summed E-state index contributed by atoms with van der Waals surface area (Å²) in [4.78, 5) is 24.4. The van der Waals surface area contributed by atoms with E-state index in [1.165, 1.54) is 29.2 Å². The van der Waals surface area contributed by atoms with Gasteiger partial charge in [0.1, 0.15) is 5.82 Å². The number of hydrogen-bond acceptors (Lipinski definition) is 2. The molecule has 0 bridgehead atoms. The molecular weight excluding hydrogens is 251 g/mol. The summed E-state index contributed by atoms with van der Waals surface area (Å²) >= 11 is 0. The van der Waals surface area contributed by atoms with Gasteiger partial charge in [0.15, 0.2) is 0 Å². The largest absolute Gasteiger partial charge is 0.481 e. The van der Waals surface area contributed by atoms with E-state index in [-0.39, 0.29) is 24.3 Å². The molecule has 0 saturated carbocycles. The van der Waals surface area contributed by atoms with Crippen molar-refractivity contribution >= 4 is 17.7 Å². The van der Waals surface area contributed by atoms with Crippen LogP contribution in [0.1, 0.15) is 6.92 Å². The van der Waals surface area contributed by atoms with Crippen LogP contribution in [0.4, 0.5) is 14.9 Å². The highest BCUT2D eigenvalue weighted by Gasteiger charge is 2.36. The molecule has 1 aliphatic rings. The number of carbonyl (C=O) groups is 2. The number of nitrogens with one attached hydrogen (secondary N) is 1. The lowest BCUT2D eigenvalue weighted by Gasteiger charge is -2.16. The zero-order chi connectivity index (χ0) is 14.0. The highest BCUT2D eigenvalue weighted by atomic mass is 19.1. The fourth-order valence-electron chi connectivity index (χ4n) is 2.19. The van der Waals surface area contributed by atoms with E-state index in [2.05, 4.69) is 5.32 Å². The number of hydrogen-bond donors (Lipinski definition) is 2. The topological polar surface area (TPSA) is 69.6 Å². The van der Waals surface area contributed by atoms with Crippen molar-refractivity contribution in [1.82, 2.24) is 4.90 Å². The van der Waals surface area contributed by atoms with Crippen molar-refractivity contribution < 1.29 is 19.1 Å². The molecule has 1 aliphatic heterocycles.